The highest BCUT2D eigenvalue weighted by Gasteiger charge is 2.25. The molecule has 0 bridgehead atoms. The zero-order valence-electron chi connectivity index (χ0n) is 9.67. The van der Waals surface area contributed by atoms with Crippen molar-refractivity contribution in [2.45, 2.75) is 39.3 Å². The molecule has 0 spiro atoms. The highest BCUT2D eigenvalue weighted by molar-refractivity contribution is 5.40. The first-order chi connectivity index (χ1) is 7.08. The van der Waals surface area contributed by atoms with Crippen LogP contribution in [0.25, 0.3) is 0 Å². The minimum absolute atomic E-state index is 0.185. The molecule has 2 heteroatoms. The molecule has 0 aliphatic carbocycles. The fraction of sp³-hybridized carbons (Fsp3) is 0.538. The summed E-state index contributed by atoms with van der Waals surface area (Å²) < 4.78 is 0. The van der Waals surface area contributed by atoms with Gasteiger partial charge in [0.15, 0.2) is 0 Å². The molecule has 1 aliphatic heterocycles. The van der Waals surface area contributed by atoms with Crippen molar-refractivity contribution in [2.75, 3.05) is 6.54 Å². The third-order valence-electron chi connectivity index (χ3n) is 3.19. The molecule has 0 aromatic heterocycles. The van der Waals surface area contributed by atoms with Gasteiger partial charge in [0.2, 0.25) is 0 Å². The minimum atomic E-state index is -0.185. The summed E-state index contributed by atoms with van der Waals surface area (Å²) in [6.07, 6.45) is 0.653. The number of hydrogen-bond donors (Lipinski definition) is 2. The Morgan fingerprint density at radius 2 is 1.80 bits per heavy atom. The predicted octanol–water partition coefficient (Wildman–Crippen LogP) is 2.01. The van der Waals surface area contributed by atoms with Gasteiger partial charge in [-0.3, -0.25) is 0 Å². The highest BCUT2D eigenvalue weighted by Crippen LogP contribution is 2.29. The van der Waals surface area contributed by atoms with Crippen LogP contribution >= 0.6 is 0 Å². The summed E-state index contributed by atoms with van der Waals surface area (Å²) in [7, 11) is 0. The SMILES string of the molecule is Cc1cc(C)c(C2CC(O)CN2)c(C)c1. The summed E-state index contributed by atoms with van der Waals surface area (Å²) in [5.41, 5.74) is 5.35. The van der Waals surface area contributed by atoms with E-state index in [4.69, 9.17) is 0 Å². The zero-order chi connectivity index (χ0) is 11.0. The Bertz CT molecular complexity index is 350. The second kappa shape index (κ2) is 3.95. The second-order valence-corrected chi connectivity index (χ2v) is 4.66. The van der Waals surface area contributed by atoms with Crippen LogP contribution in [0.1, 0.15) is 34.7 Å². The van der Waals surface area contributed by atoms with Crippen molar-refractivity contribution in [2.24, 2.45) is 0 Å². The summed E-state index contributed by atoms with van der Waals surface area (Å²) in [6.45, 7) is 7.15. The van der Waals surface area contributed by atoms with Crippen molar-refractivity contribution < 1.29 is 5.11 Å². The quantitative estimate of drug-likeness (QED) is 0.735. The van der Waals surface area contributed by atoms with Crippen LogP contribution in [0.3, 0.4) is 0 Å². The smallest absolute Gasteiger partial charge is 0.0682 e. The normalized spacial score (nSPS) is 25.9. The lowest BCUT2D eigenvalue weighted by Crippen LogP contribution is -2.16. The van der Waals surface area contributed by atoms with Crippen LogP contribution in [-0.4, -0.2) is 17.8 Å². The van der Waals surface area contributed by atoms with E-state index < -0.39 is 0 Å². The Morgan fingerprint density at radius 1 is 1.20 bits per heavy atom. The van der Waals surface area contributed by atoms with E-state index in [9.17, 15) is 5.11 Å². The highest BCUT2D eigenvalue weighted by atomic mass is 16.3. The molecule has 1 saturated heterocycles. The topological polar surface area (TPSA) is 32.3 Å². The van der Waals surface area contributed by atoms with Crippen LogP contribution in [-0.2, 0) is 0 Å². The Hall–Kier alpha value is -0.860. The van der Waals surface area contributed by atoms with Crippen LogP contribution < -0.4 is 5.32 Å². The Labute approximate surface area is 91.3 Å². The molecule has 2 atom stereocenters. The Kier molecular flexibility index (Phi) is 2.81. The van der Waals surface area contributed by atoms with Crippen LogP contribution in [0, 0.1) is 20.8 Å². The summed E-state index contributed by atoms with van der Waals surface area (Å²) in [6, 6.07) is 4.77. The summed E-state index contributed by atoms with van der Waals surface area (Å²) in [5, 5.41) is 12.9. The van der Waals surface area contributed by atoms with Gasteiger partial charge in [-0.15, -0.1) is 0 Å². The fourth-order valence-corrected chi connectivity index (χ4v) is 2.68. The second-order valence-electron chi connectivity index (χ2n) is 4.66. The molecular weight excluding hydrogens is 186 g/mol. The molecule has 1 aliphatic rings. The van der Waals surface area contributed by atoms with Crippen molar-refractivity contribution in [3.63, 3.8) is 0 Å². The number of benzene rings is 1. The van der Waals surface area contributed by atoms with Crippen molar-refractivity contribution in [3.8, 4) is 0 Å². The average Bonchev–Trinajstić information content (AvgIpc) is 2.49. The molecule has 0 saturated carbocycles. The first-order valence-electron chi connectivity index (χ1n) is 5.57. The molecule has 1 heterocycles. The maximum Gasteiger partial charge on any atom is 0.0682 e. The van der Waals surface area contributed by atoms with E-state index in [-0.39, 0.29) is 6.10 Å². The molecule has 1 fully saturated rings. The summed E-state index contributed by atoms with van der Waals surface area (Å²) >= 11 is 0. The summed E-state index contributed by atoms with van der Waals surface area (Å²) in [4.78, 5) is 0. The van der Waals surface area contributed by atoms with Gasteiger partial charge >= 0.3 is 0 Å². The molecule has 2 rings (SSSR count). The largest absolute Gasteiger partial charge is 0.392 e. The van der Waals surface area contributed by atoms with E-state index in [0.29, 0.717) is 6.04 Å². The molecule has 1 aromatic rings. The molecule has 2 N–H and O–H groups in total. The van der Waals surface area contributed by atoms with E-state index in [1.807, 2.05) is 0 Å². The van der Waals surface area contributed by atoms with Gasteiger partial charge in [-0.05, 0) is 43.9 Å². The van der Waals surface area contributed by atoms with E-state index in [1.165, 1.54) is 22.3 Å². The third kappa shape index (κ3) is 2.06. The number of nitrogens with one attached hydrogen (secondary N) is 1. The summed E-state index contributed by atoms with van der Waals surface area (Å²) in [5.74, 6) is 0. The van der Waals surface area contributed by atoms with Crippen molar-refractivity contribution in [1.82, 2.24) is 5.32 Å². The van der Waals surface area contributed by atoms with Gasteiger partial charge in [-0.2, -0.15) is 0 Å². The lowest BCUT2D eigenvalue weighted by molar-refractivity contribution is 0.193. The molecule has 82 valence electrons. The van der Waals surface area contributed by atoms with Crippen molar-refractivity contribution in [1.29, 1.82) is 0 Å². The van der Waals surface area contributed by atoms with Crippen LogP contribution in [0.15, 0.2) is 12.1 Å². The maximum atomic E-state index is 9.53. The first-order valence-corrected chi connectivity index (χ1v) is 5.57. The monoisotopic (exact) mass is 205 g/mol. The van der Waals surface area contributed by atoms with Crippen molar-refractivity contribution >= 4 is 0 Å². The predicted molar refractivity (Wildman–Crippen MR) is 62.0 cm³/mol. The third-order valence-corrected chi connectivity index (χ3v) is 3.19. The van der Waals surface area contributed by atoms with Gasteiger partial charge in [0.25, 0.3) is 0 Å². The minimum Gasteiger partial charge on any atom is -0.392 e. The van der Waals surface area contributed by atoms with Crippen LogP contribution in [0.5, 0.6) is 0 Å². The molecule has 0 radical (unpaired) electrons. The molecule has 0 amide bonds. The fourth-order valence-electron chi connectivity index (χ4n) is 2.68. The Morgan fingerprint density at radius 3 is 2.27 bits per heavy atom. The van der Waals surface area contributed by atoms with Gasteiger partial charge in [-0.1, -0.05) is 17.7 Å². The molecule has 1 aromatic carbocycles. The van der Waals surface area contributed by atoms with E-state index >= 15 is 0 Å². The standard InChI is InChI=1S/C13H19NO/c1-8-4-9(2)13(10(3)5-8)12-6-11(15)7-14-12/h4-5,11-12,14-15H,6-7H2,1-3H3. The van der Waals surface area contributed by atoms with Gasteiger partial charge in [0.05, 0.1) is 6.10 Å². The van der Waals surface area contributed by atoms with Crippen LogP contribution in [0.4, 0.5) is 0 Å². The van der Waals surface area contributed by atoms with Gasteiger partial charge in [0.1, 0.15) is 0 Å². The number of aliphatic hydroxyl groups excluding tert-OH is 1. The number of hydrogen-bond acceptors (Lipinski definition) is 2. The van der Waals surface area contributed by atoms with E-state index in [2.05, 4.69) is 38.2 Å². The Balaban J connectivity index is 2.35. The molecule has 2 unspecified atom stereocenters. The van der Waals surface area contributed by atoms with Gasteiger partial charge in [-0.25, -0.2) is 0 Å². The van der Waals surface area contributed by atoms with E-state index in [1.54, 1.807) is 0 Å². The number of rotatable bonds is 1. The van der Waals surface area contributed by atoms with Gasteiger partial charge in [0, 0.05) is 12.6 Å². The first kappa shape index (κ1) is 10.7. The van der Waals surface area contributed by atoms with Gasteiger partial charge < -0.3 is 10.4 Å². The van der Waals surface area contributed by atoms with Crippen LogP contribution in [0.2, 0.25) is 0 Å². The lowest BCUT2D eigenvalue weighted by Gasteiger charge is -2.17. The van der Waals surface area contributed by atoms with Crippen molar-refractivity contribution in [3.05, 3.63) is 34.4 Å². The number of aliphatic hydroxyl groups is 1. The number of aryl methyl sites for hydroxylation is 3. The lowest BCUT2D eigenvalue weighted by atomic mass is 9.93. The maximum absolute atomic E-state index is 9.53. The molecular formula is C13H19NO. The van der Waals surface area contributed by atoms with E-state index in [0.717, 1.165) is 13.0 Å². The molecule has 2 nitrogen and oxygen atoms in total. The average molecular weight is 205 g/mol. The molecule has 15 heavy (non-hydrogen) atoms. The number of β-amino-alcohol motifs (C(OH)–C–C–N with tert-alkyl or cyclic N) is 1. The zero-order valence-corrected chi connectivity index (χ0v) is 9.67.